The lowest BCUT2D eigenvalue weighted by Gasteiger charge is -2.19. The van der Waals surface area contributed by atoms with Crippen LogP contribution in [0.25, 0.3) is 45.0 Å². The predicted molar refractivity (Wildman–Crippen MR) is 162 cm³/mol. The molecule has 0 spiro atoms. The molecule has 0 radical (unpaired) electrons. The molecule has 6 aromatic rings. The van der Waals surface area contributed by atoms with Gasteiger partial charge in [0, 0.05) is 31.3 Å². The predicted octanol–water partition coefficient (Wildman–Crippen LogP) is 7.82. The van der Waals surface area contributed by atoms with Crippen LogP contribution in [0.4, 0.5) is 0 Å². The van der Waals surface area contributed by atoms with Gasteiger partial charge in [-0.15, -0.1) is 0 Å². The van der Waals surface area contributed by atoms with Crippen LogP contribution in [0.3, 0.4) is 0 Å². The minimum absolute atomic E-state index is 0.757. The fraction of sp³-hybridized carbons (Fsp3) is 0.167. The van der Waals surface area contributed by atoms with Crippen LogP contribution in [0.1, 0.15) is 43.6 Å². The van der Waals surface area contributed by atoms with Gasteiger partial charge in [-0.25, -0.2) is 9.55 Å². The van der Waals surface area contributed by atoms with Crippen molar-refractivity contribution in [2.24, 2.45) is 7.05 Å². The molecule has 0 atom stereocenters. The molecule has 0 saturated heterocycles. The second-order valence-electron chi connectivity index (χ2n) is 10.9. The Morgan fingerprint density at radius 1 is 0.850 bits per heavy atom. The molecule has 4 heteroatoms. The maximum atomic E-state index is 8.99. The van der Waals surface area contributed by atoms with Crippen molar-refractivity contribution in [1.82, 2.24) is 14.1 Å². The summed E-state index contributed by atoms with van der Waals surface area (Å²) in [5.74, 6) is 1.44. The van der Waals surface area contributed by atoms with Crippen LogP contribution in [-0.2, 0) is 13.5 Å². The van der Waals surface area contributed by atoms with Crippen molar-refractivity contribution in [3.8, 4) is 45.0 Å². The molecule has 40 heavy (non-hydrogen) atoms. The Balaban J connectivity index is 1.58. The number of aryl methyl sites for hydroxylation is 2. The van der Waals surface area contributed by atoms with E-state index in [0.29, 0.717) is 0 Å². The van der Waals surface area contributed by atoms with Crippen LogP contribution in [0, 0.1) is 6.92 Å². The highest BCUT2D eigenvalue weighted by atomic mass is 15.1. The number of benzene rings is 4. The van der Waals surface area contributed by atoms with Crippen LogP contribution < -0.4 is 4.57 Å². The Kier molecular flexibility index (Phi) is 5.51. The average molecular weight is 523 g/mol. The van der Waals surface area contributed by atoms with E-state index in [1.807, 2.05) is 20.0 Å². The summed E-state index contributed by atoms with van der Waals surface area (Å²) in [7, 11) is 2.13. The molecular formula is C36H33N4+. The molecule has 7 rings (SSSR count). The molecule has 0 bridgehead atoms. The van der Waals surface area contributed by atoms with Gasteiger partial charge in [-0.2, -0.15) is 4.57 Å². The molecule has 196 valence electrons. The Bertz CT molecular complexity index is 1850. The second-order valence-corrected chi connectivity index (χ2v) is 10.9. The topological polar surface area (TPSA) is 26.6 Å². The largest absolute Gasteiger partial charge is 0.303 e. The van der Waals surface area contributed by atoms with E-state index in [-0.39, 0.29) is 0 Å². The van der Waals surface area contributed by atoms with E-state index in [1.165, 1.54) is 22.4 Å². The third-order valence-corrected chi connectivity index (χ3v) is 8.13. The van der Waals surface area contributed by atoms with E-state index >= 15 is 0 Å². The zero-order chi connectivity index (χ0) is 28.3. The highest BCUT2D eigenvalue weighted by molar-refractivity contribution is 5.88. The Morgan fingerprint density at radius 2 is 1.50 bits per heavy atom. The minimum atomic E-state index is -0.757. The van der Waals surface area contributed by atoms with Crippen molar-refractivity contribution >= 4 is 0 Å². The summed E-state index contributed by atoms with van der Waals surface area (Å²) in [6.45, 7) is 6.13. The van der Waals surface area contributed by atoms with Crippen molar-refractivity contribution in [3.63, 3.8) is 0 Å². The first kappa shape index (κ1) is 23.2. The minimum Gasteiger partial charge on any atom is -0.303 e. The Morgan fingerprint density at radius 3 is 2.12 bits per heavy atom. The first-order chi connectivity index (χ1) is 19.8. The highest BCUT2D eigenvalue weighted by Crippen LogP contribution is 2.42. The number of aromatic nitrogens is 4. The lowest BCUT2D eigenvalue weighted by atomic mass is 9.89. The van der Waals surface area contributed by atoms with Crippen LogP contribution in [0.15, 0.2) is 110 Å². The number of hydrogen-bond acceptors (Lipinski definition) is 1. The van der Waals surface area contributed by atoms with Gasteiger partial charge in [-0.1, -0.05) is 80.6 Å². The van der Waals surface area contributed by atoms with Crippen LogP contribution >= 0.6 is 0 Å². The normalized spacial score (nSPS) is 12.8. The molecule has 0 fully saturated rings. The van der Waals surface area contributed by atoms with Crippen LogP contribution in [-0.4, -0.2) is 14.1 Å². The second kappa shape index (κ2) is 9.49. The SMILES string of the molecule is [2H]C(C)(C)c1cc(-c2ccccc2)c(-n2cc[n+](C)c2-c2c(C)ccc3c2Cc2nccn2-3)c(-c2ccccc2)c1. The Labute approximate surface area is 237 Å². The van der Waals surface area contributed by atoms with Gasteiger partial charge in [0.1, 0.15) is 23.9 Å². The van der Waals surface area contributed by atoms with Gasteiger partial charge >= 0.3 is 0 Å². The monoisotopic (exact) mass is 522 g/mol. The maximum Gasteiger partial charge on any atom is 0.294 e. The summed E-state index contributed by atoms with van der Waals surface area (Å²) in [5, 5.41) is 0. The molecule has 0 aliphatic carbocycles. The molecule has 0 amide bonds. The molecule has 1 aliphatic rings. The summed E-state index contributed by atoms with van der Waals surface area (Å²) in [6.07, 6.45) is 9.07. The maximum absolute atomic E-state index is 8.99. The van der Waals surface area contributed by atoms with E-state index in [4.69, 9.17) is 1.37 Å². The molecule has 0 N–H and O–H groups in total. The lowest BCUT2D eigenvalue weighted by Crippen LogP contribution is -2.30. The van der Waals surface area contributed by atoms with Gasteiger partial charge in [0.2, 0.25) is 0 Å². The highest BCUT2D eigenvalue weighted by Gasteiger charge is 2.32. The zero-order valence-corrected chi connectivity index (χ0v) is 23.4. The smallest absolute Gasteiger partial charge is 0.294 e. The first-order valence-electron chi connectivity index (χ1n) is 14.3. The Hall–Kier alpha value is -4.70. The van der Waals surface area contributed by atoms with E-state index in [9.17, 15) is 0 Å². The van der Waals surface area contributed by atoms with Gasteiger partial charge < -0.3 is 4.57 Å². The number of hydrogen-bond donors (Lipinski definition) is 0. The number of fused-ring (bicyclic) bond motifs is 3. The molecule has 1 aliphatic heterocycles. The van der Waals surface area contributed by atoms with Crippen molar-refractivity contribution in [3.05, 3.63) is 132 Å². The van der Waals surface area contributed by atoms with Crippen molar-refractivity contribution in [2.75, 3.05) is 0 Å². The van der Waals surface area contributed by atoms with Gasteiger partial charge in [-0.05, 0) is 58.8 Å². The third kappa shape index (κ3) is 3.83. The molecule has 2 aromatic heterocycles. The summed E-state index contributed by atoms with van der Waals surface area (Å²) in [6, 6.07) is 30.0. The number of rotatable bonds is 5. The lowest BCUT2D eigenvalue weighted by molar-refractivity contribution is -0.659. The fourth-order valence-corrected chi connectivity index (χ4v) is 6.13. The van der Waals surface area contributed by atoms with Gasteiger partial charge in [-0.3, -0.25) is 0 Å². The first-order valence-corrected chi connectivity index (χ1v) is 13.8. The van der Waals surface area contributed by atoms with E-state index < -0.39 is 5.89 Å². The van der Waals surface area contributed by atoms with Crippen molar-refractivity contribution in [2.45, 2.75) is 33.1 Å². The fourth-order valence-electron chi connectivity index (χ4n) is 6.13. The average Bonchev–Trinajstić information content (AvgIpc) is 3.68. The van der Waals surface area contributed by atoms with Crippen molar-refractivity contribution < 1.29 is 5.94 Å². The van der Waals surface area contributed by atoms with Gasteiger partial charge in [0.15, 0.2) is 0 Å². The molecule has 0 unspecified atom stereocenters. The summed E-state index contributed by atoms with van der Waals surface area (Å²) < 4.78 is 15.8. The molecule has 0 saturated carbocycles. The van der Waals surface area contributed by atoms with Gasteiger partial charge in [0.05, 0.1) is 18.3 Å². The molecule has 4 aromatic carbocycles. The summed E-state index contributed by atoms with van der Waals surface area (Å²) in [4.78, 5) is 4.64. The van der Waals surface area contributed by atoms with Crippen molar-refractivity contribution in [1.29, 1.82) is 0 Å². The zero-order valence-electron chi connectivity index (χ0n) is 24.4. The quantitative estimate of drug-likeness (QED) is 0.212. The number of nitrogens with zero attached hydrogens (tertiary/aromatic N) is 4. The summed E-state index contributed by atoms with van der Waals surface area (Å²) in [5.41, 5.74) is 11.5. The summed E-state index contributed by atoms with van der Waals surface area (Å²) >= 11 is 0. The van der Waals surface area contributed by atoms with E-state index in [2.05, 4.69) is 136 Å². The molecular weight excluding hydrogens is 488 g/mol. The van der Waals surface area contributed by atoms with Crippen LogP contribution in [0.2, 0.25) is 0 Å². The van der Waals surface area contributed by atoms with Gasteiger partial charge in [0.25, 0.3) is 5.82 Å². The molecule has 3 heterocycles. The molecule has 4 nitrogen and oxygen atoms in total. The number of imidazole rings is 2. The van der Waals surface area contributed by atoms with Crippen LogP contribution in [0.5, 0.6) is 0 Å². The third-order valence-electron chi connectivity index (χ3n) is 8.13. The standard InChI is InChI=1S/C36H33N4/c1-24(2)28-21-29(26-11-7-5-8-12-26)35(30(22-28)27-13-9-6-10-14-27)40-20-19-38(4)36(40)34-25(3)15-16-32-31(34)23-33-37-17-18-39(32)33/h5-22,24H,23H2,1-4H3/q+1/i24D. The van der Waals surface area contributed by atoms with E-state index in [1.54, 1.807) is 0 Å². The van der Waals surface area contributed by atoms with E-state index in [0.717, 1.165) is 51.6 Å².